The van der Waals surface area contributed by atoms with Crippen molar-refractivity contribution >= 4 is 41.5 Å². The number of nitrogens with zero attached hydrogens (tertiary/aromatic N) is 2. The second kappa shape index (κ2) is 14.9. The van der Waals surface area contributed by atoms with Gasteiger partial charge in [0.1, 0.15) is 12.1 Å². The Morgan fingerprint density at radius 1 is 1.15 bits per heavy atom. The van der Waals surface area contributed by atoms with E-state index in [0.29, 0.717) is 19.4 Å². The summed E-state index contributed by atoms with van der Waals surface area (Å²) in [5, 5.41) is 16.3. The highest BCUT2D eigenvalue weighted by Crippen LogP contribution is 2.29. The predicted octanol–water partition coefficient (Wildman–Crippen LogP) is 3.73. The van der Waals surface area contributed by atoms with E-state index in [4.69, 9.17) is 5.73 Å². The van der Waals surface area contributed by atoms with E-state index in [1.807, 2.05) is 64.4 Å². The molecular formula is C29H44ClN5O4S. The van der Waals surface area contributed by atoms with Crippen LogP contribution in [0.15, 0.2) is 29.8 Å². The predicted molar refractivity (Wildman–Crippen MR) is 161 cm³/mol. The maximum atomic E-state index is 13.7. The van der Waals surface area contributed by atoms with Crippen molar-refractivity contribution in [1.82, 2.24) is 20.5 Å². The zero-order valence-electron chi connectivity index (χ0n) is 24.1. The number of unbranched alkanes of at least 4 members (excludes halogenated alkanes) is 2. The van der Waals surface area contributed by atoms with Gasteiger partial charge < -0.3 is 26.4 Å². The Hall–Kier alpha value is -2.53. The number of nitrogens with two attached hydrogens (primary N) is 1. The van der Waals surface area contributed by atoms with Gasteiger partial charge in [-0.2, -0.15) is 0 Å². The van der Waals surface area contributed by atoms with Gasteiger partial charge in [-0.15, -0.1) is 23.7 Å². The summed E-state index contributed by atoms with van der Waals surface area (Å²) in [6.45, 7) is 10.1. The standard InChI is InChI=1S/C29H43N5O4S.ClH/c1-18(20-10-12-21(13-11-20)25-19(2)31-17-39-25)32-27(37)23-15-22(35)16-34(23)28(38)26(29(3,4)5)33-24(36)9-7-6-8-14-30;/h10-13,17-18,22-23,26,35H,6-9,14-16,30H2,1-5H3,(H,32,37)(H,33,36);1H/t18-,22+,23-,26?;/m0./s1. The van der Waals surface area contributed by atoms with E-state index in [1.165, 1.54) is 4.90 Å². The largest absolute Gasteiger partial charge is 0.391 e. The van der Waals surface area contributed by atoms with Gasteiger partial charge in [0, 0.05) is 19.4 Å². The number of benzene rings is 1. The number of hydrogen-bond donors (Lipinski definition) is 4. The van der Waals surface area contributed by atoms with Crippen molar-refractivity contribution in [1.29, 1.82) is 0 Å². The normalized spacial score (nSPS) is 18.5. The molecule has 1 saturated heterocycles. The van der Waals surface area contributed by atoms with Crippen LogP contribution in [-0.4, -0.2) is 64.0 Å². The van der Waals surface area contributed by atoms with Gasteiger partial charge in [0.25, 0.3) is 0 Å². The zero-order valence-corrected chi connectivity index (χ0v) is 25.7. The molecule has 0 aliphatic carbocycles. The van der Waals surface area contributed by atoms with Crippen LogP contribution in [0.2, 0.25) is 0 Å². The number of thiazole rings is 1. The molecule has 222 valence electrons. The minimum absolute atomic E-state index is 0. The number of hydrogen-bond acceptors (Lipinski definition) is 7. The first kappa shape index (κ1) is 33.7. The summed E-state index contributed by atoms with van der Waals surface area (Å²) in [5.41, 5.74) is 9.76. The quantitative estimate of drug-likeness (QED) is 0.293. The number of aliphatic hydroxyl groups is 1. The molecule has 1 aromatic carbocycles. The smallest absolute Gasteiger partial charge is 0.246 e. The maximum absolute atomic E-state index is 13.7. The Morgan fingerprint density at radius 2 is 1.82 bits per heavy atom. The number of carbonyl (C=O) groups is 3. The zero-order chi connectivity index (χ0) is 28.7. The van der Waals surface area contributed by atoms with Crippen molar-refractivity contribution in [3.05, 3.63) is 41.0 Å². The van der Waals surface area contributed by atoms with Crippen molar-refractivity contribution in [3.63, 3.8) is 0 Å². The Morgan fingerprint density at radius 3 is 2.40 bits per heavy atom. The van der Waals surface area contributed by atoms with Gasteiger partial charge in [-0.25, -0.2) is 4.98 Å². The van der Waals surface area contributed by atoms with Gasteiger partial charge in [0.05, 0.1) is 28.2 Å². The molecule has 2 aromatic rings. The molecule has 0 spiro atoms. The Bertz CT molecular complexity index is 1130. The molecule has 1 aliphatic heterocycles. The lowest BCUT2D eigenvalue weighted by Gasteiger charge is -2.35. The summed E-state index contributed by atoms with van der Waals surface area (Å²) in [5.74, 6) is -0.881. The van der Waals surface area contributed by atoms with E-state index in [0.717, 1.165) is 34.5 Å². The summed E-state index contributed by atoms with van der Waals surface area (Å²) in [6.07, 6.45) is 2.05. The van der Waals surface area contributed by atoms with Gasteiger partial charge in [-0.1, -0.05) is 51.5 Å². The lowest BCUT2D eigenvalue weighted by molar-refractivity contribution is -0.144. The van der Waals surface area contributed by atoms with Crippen molar-refractivity contribution in [2.45, 2.75) is 91.0 Å². The van der Waals surface area contributed by atoms with E-state index < -0.39 is 23.6 Å². The number of carbonyl (C=O) groups excluding carboxylic acids is 3. The van der Waals surface area contributed by atoms with Crippen LogP contribution in [0.1, 0.15) is 77.1 Å². The van der Waals surface area contributed by atoms with Gasteiger partial charge >= 0.3 is 0 Å². The van der Waals surface area contributed by atoms with Gasteiger partial charge in [-0.05, 0) is 49.8 Å². The first-order valence-corrected chi connectivity index (χ1v) is 14.6. The van der Waals surface area contributed by atoms with Crippen molar-refractivity contribution < 1.29 is 19.5 Å². The lowest BCUT2D eigenvalue weighted by Crippen LogP contribution is -2.57. The minimum atomic E-state index is -0.819. The molecule has 40 heavy (non-hydrogen) atoms. The third kappa shape index (κ3) is 8.73. The fourth-order valence-electron chi connectivity index (χ4n) is 4.86. The molecule has 11 heteroatoms. The molecule has 3 rings (SSSR count). The van der Waals surface area contributed by atoms with E-state index in [1.54, 1.807) is 11.3 Å². The molecular weight excluding hydrogens is 550 g/mol. The van der Waals surface area contributed by atoms with E-state index in [2.05, 4.69) is 15.6 Å². The van der Waals surface area contributed by atoms with Crippen LogP contribution in [0, 0.1) is 12.3 Å². The summed E-state index contributed by atoms with van der Waals surface area (Å²) in [4.78, 5) is 46.5. The molecule has 1 aromatic heterocycles. The van der Waals surface area contributed by atoms with Gasteiger partial charge in [0.15, 0.2) is 0 Å². The first-order valence-electron chi connectivity index (χ1n) is 13.7. The fraction of sp³-hybridized carbons (Fsp3) is 0.586. The monoisotopic (exact) mass is 593 g/mol. The molecule has 1 unspecified atom stereocenters. The van der Waals surface area contributed by atoms with Crippen LogP contribution >= 0.6 is 23.7 Å². The number of likely N-dealkylation sites (tertiary alicyclic amines) is 1. The van der Waals surface area contributed by atoms with Gasteiger partial charge in [0.2, 0.25) is 17.7 Å². The lowest BCUT2D eigenvalue weighted by atomic mass is 9.85. The van der Waals surface area contributed by atoms with Crippen LogP contribution < -0.4 is 16.4 Å². The topological polar surface area (TPSA) is 138 Å². The second-order valence-electron chi connectivity index (χ2n) is 11.5. The molecule has 1 fully saturated rings. The third-order valence-corrected chi connectivity index (χ3v) is 8.15. The molecule has 0 radical (unpaired) electrons. The number of halogens is 1. The Balaban J connectivity index is 0.00000560. The molecule has 3 amide bonds. The average molecular weight is 594 g/mol. The molecule has 4 atom stereocenters. The summed E-state index contributed by atoms with van der Waals surface area (Å²) >= 11 is 1.59. The van der Waals surface area contributed by atoms with E-state index in [-0.39, 0.29) is 49.1 Å². The van der Waals surface area contributed by atoms with Crippen LogP contribution in [0.5, 0.6) is 0 Å². The second-order valence-corrected chi connectivity index (χ2v) is 12.3. The number of aromatic nitrogens is 1. The number of nitrogens with one attached hydrogen (secondary N) is 2. The van der Waals surface area contributed by atoms with Crippen LogP contribution in [0.4, 0.5) is 0 Å². The highest BCUT2D eigenvalue weighted by molar-refractivity contribution is 7.13. The third-order valence-electron chi connectivity index (χ3n) is 7.17. The molecule has 2 heterocycles. The SMILES string of the molecule is Cc1ncsc1-c1ccc([C@H](C)NC(=O)[C@@H]2C[C@@H](O)CN2C(=O)C(NC(=O)CCCCCN)C(C)(C)C)cc1.Cl. The molecule has 0 saturated carbocycles. The fourth-order valence-corrected chi connectivity index (χ4v) is 5.67. The van der Waals surface area contributed by atoms with Gasteiger partial charge in [-0.3, -0.25) is 14.4 Å². The van der Waals surface area contributed by atoms with Crippen molar-refractivity contribution in [2.75, 3.05) is 13.1 Å². The minimum Gasteiger partial charge on any atom is -0.391 e. The molecule has 5 N–H and O–H groups in total. The summed E-state index contributed by atoms with van der Waals surface area (Å²) in [6, 6.07) is 6.05. The molecule has 0 bridgehead atoms. The van der Waals surface area contributed by atoms with Crippen molar-refractivity contribution in [2.24, 2.45) is 11.1 Å². The first-order chi connectivity index (χ1) is 18.4. The molecule has 1 aliphatic rings. The number of amides is 3. The highest BCUT2D eigenvalue weighted by Gasteiger charge is 2.44. The van der Waals surface area contributed by atoms with Crippen LogP contribution in [-0.2, 0) is 14.4 Å². The average Bonchev–Trinajstić information content (AvgIpc) is 3.49. The number of β-amino-alcohol motifs (C(OH)–C–C–N with tert-alkyl or cyclic N) is 1. The molecule has 9 nitrogen and oxygen atoms in total. The number of rotatable bonds is 11. The van der Waals surface area contributed by atoms with Crippen LogP contribution in [0.3, 0.4) is 0 Å². The Labute approximate surface area is 247 Å². The van der Waals surface area contributed by atoms with E-state index in [9.17, 15) is 19.5 Å². The highest BCUT2D eigenvalue weighted by atomic mass is 35.5. The summed E-state index contributed by atoms with van der Waals surface area (Å²) < 4.78 is 0. The summed E-state index contributed by atoms with van der Waals surface area (Å²) in [7, 11) is 0. The Kier molecular flexibility index (Phi) is 12.6. The van der Waals surface area contributed by atoms with Crippen molar-refractivity contribution in [3.8, 4) is 10.4 Å². The number of aliphatic hydroxyl groups excluding tert-OH is 1. The number of aryl methyl sites for hydroxylation is 1. The maximum Gasteiger partial charge on any atom is 0.246 e. The van der Waals surface area contributed by atoms with Crippen LogP contribution in [0.25, 0.3) is 10.4 Å². The van der Waals surface area contributed by atoms with E-state index >= 15 is 0 Å².